The number of aliphatic hydroxyl groups is 1. The van der Waals surface area contributed by atoms with Crippen molar-refractivity contribution in [3.8, 4) is 0 Å². The van der Waals surface area contributed by atoms with Crippen LogP contribution in [0.15, 0.2) is 4.79 Å². The highest BCUT2D eigenvalue weighted by atomic mass is 32.1. The molecule has 1 heterocycles. The highest BCUT2D eigenvalue weighted by molar-refractivity contribution is 7.09. The number of carbonyl (C=O) groups is 1. The fourth-order valence-electron chi connectivity index (χ4n) is 1.59. The first-order valence-corrected chi connectivity index (χ1v) is 6.38. The molecule has 0 atom stereocenters. The summed E-state index contributed by atoms with van der Waals surface area (Å²) in [4.78, 5) is 25.9. The van der Waals surface area contributed by atoms with Crippen molar-refractivity contribution in [2.24, 2.45) is 0 Å². The Morgan fingerprint density at radius 3 is 2.53 bits per heavy atom. The van der Waals surface area contributed by atoms with Crippen LogP contribution in [0, 0.1) is 13.8 Å². The Morgan fingerprint density at radius 2 is 2.12 bits per heavy atom. The lowest BCUT2D eigenvalue weighted by atomic mass is 10.4. The second-order valence-electron chi connectivity index (χ2n) is 3.79. The number of aryl methyl sites for hydroxylation is 1. The van der Waals surface area contributed by atoms with E-state index in [1.165, 1.54) is 4.57 Å². The molecule has 1 amide bonds. The van der Waals surface area contributed by atoms with Crippen LogP contribution < -0.4 is 4.87 Å². The first-order chi connectivity index (χ1) is 8.01. The molecular formula is C11H18N2O3S. The quantitative estimate of drug-likeness (QED) is 0.830. The maximum Gasteiger partial charge on any atom is 0.308 e. The second kappa shape index (κ2) is 5.97. The van der Waals surface area contributed by atoms with E-state index in [0.29, 0.717) is 13.1 Å². The van der Waals surface area contributed by atoms with Gasteiger partial charge in [0.2, 0.25) is 5.91 Å². The Hall–Kier alpha value is -1.14. The Bertz CT molecular complexity index is 450. The summed E-state index contributed by atoms with van der Waals surface area (Å²) in [6, 6.07) is 0. The van der Waals surface area contributed by atoms with Gasteiger partial charge in [0.15, 0.2) is 0 Å². The highest BCUT2D eigenvalue weighted by Crippen LogP contribution is 2.09. The third-order valence-electron chi connectivity index (χ3n) is 2.77. The lowest BCUT2D eigenvalue weighted by Gasteiger charge is -2.20. The third-order valence-corrected chi connectivity index (χ3v) is 3.77. The summed E-state index contributed by atoms with van der Waals surface area (Å²) in [7, 11) is 0. The smallest absolute Gasteiger partial charge is 0.308 e. The molecule has 0 bridgehead atoms. The van der Waals surface area contributed by atoms with Gasteiger partial charge >= 0.3 is 4.87 Å². The largest absolute Gasteiger partial charge is 0.395 e. The standard InChI is InChI=1S/C11H18N2O3S/c1-4-12(5-6-14)10(15)7-13-8(2)9(3)17-11(13)16/h14H,4-7H2,1-3H3. The van der Waals surface area contributed by atoms with Crippen molar-refractivity contribution < 1.29 is 9.90 Å². The van der Waals surface area contributed by atoms with Gasteiger partial charge in [-0.25, -0.2) is 0 Å². The van der Waals surface area contributed by atoms with Crippen molar-refractivity contribution in [3.63, 3.8) is 0 Å². The number of hydrogen-bond acceptors (Lipinski definition) is 4. The fraction of sp³-hybridized carbons (Fsp3) is 0.636. The molecule has 0 aliphatic carbocycles. The molecule has 17 heavy (non-hydrogen) atoms. The average molecular weight is 258 g/mol. The van der Waals surface area contributed by atoms with Crippen LogP contribution in [0.2, 0.25) is 0 Å². The van der Waals surface area contributed by atoms with Crippen LogP contribution >= 0.6 is 11.3 Å². The minimum atomic E-state index is -0.135. The number of thiazole rings is 1. The van der Waals surface area contributed by atoms with E-state index in [1.807, 2.05) is 20.8 Å². The van der Waals surface area contributed by atoms with E-state index in [2.05, 4.69) is 0 Å². The van der Waals surface area contributed by atoms with Gasteiger partial charge < -0.3 is 10.0 Å². The predicted octanol–water partition coefficient (Wildman–Crippen LogP) is 0.367. The minimum Gasteiger partial charge on any atom is -0.395 e. The molecule has 0 saturated heterocycles. The van der Waals surface area contributed by atoms with Crippen LogP contribution in [0.25, 0.3) is 0 Å². The average Bonchev–Trinajstić information content (AvgIpc) is 2.52. The van der Waals surface area contributed by atoms with Crippen LogP contribution in [0.1, 0.15) is 17.5 Å². The number of aliphatic hydroxyl groups excluding tert-OH is 1. The molecule has 0 aromatic carbocycles. The van der Waals surface area contributed by atoms with Gasteiger partial charge in [0.25, 0.3) is 0 Å². The summed E-state index contributed by atoms with van der Waals surface area (Å²) in [6.07, 6.45) is 0. The van der Waals surface area contributed by atoms with Crippen LogP contribution in [0.3, 0.4) is 0 Å². The summed E-state index contributed by atoms with van der Waals surface area (Å²) in [6.45, 7) is 6.40. The molecule has 0 aliphatic rings. The molecular weight excluding hydrogens is 240 g/mol. The van der Waals surface area contributed by atoms with E-state index >= 15 is 0 Å². The summed E-state index contributed by atoms with van der Waals surface area (Å²) in [5.41, 5.74) is 0.841. The van der Waals surface area contributed by atoms with E-state index in [9.17, 15) is 9.59 Å². The summed E-state index contributed by atoms with van der Waals surface area (Å²) < 4.78 is 1.49. The van der Waals surface area contributed by atoms with E-state index in [4.69, 9.17) is 5.11 Å². The van der Waals surface area contributed by atoms with E-state index in [1.54, 1.807) is 4.90 Å². The number of aromatic nitrogens is 1. The number of likely N-dealkylation sites (N-methyl/N-ethyl adjacent to an activating group) is 1. The molecule has 0 unspecified atom stereocenters. The molecule has 1 aromatic heterocycles. The van der Waals surface area contributed by atoms with Gasteiger partial charge in [-0.2, -0.15) is 0 Å². The molecule has 0 radical (unpaired) electrons. The first kappa shape index (κ1) is 13.9. The molecule has 6 heteroatoms. The zero-order valence-electron chi connectivity index (χ0n) is 10.4. The van der Waals surface area contributed by atoms with Gasteiger partial charge in [-0.1, -0.05) is 11.3 Å². The van der Waals surface area contributed by atoms with Crippen molar-refractivity contribution >= 4 is 17.2 Å². The van der Waals surface area contributed by atoms with Gasteiger partial charge in [-0.3, -0.25) is 14.2 Å². The topological polar surface area (TPSA) is 62.5 Å². The zero-order chi connectivity index (χ0) is 13.0. The van der Waals surface area contributed by atoms with E-state index < -0.39 is 0 Å². The van der Waals surface area contributed by atoms with Gasteiger partial charge in [0, 0.05) is 23.7 Å². The molecule has 0 spiro atoms. The van der Waals surface area contributed by atoms with Gasteiger partial charge in [0.05, 0.1) is 6.61 Å². The Labute approximate surface area is 104 Å². The number of carbonyl (C=O) groups excluding carboxylic acids is 1. The number of amides is 1. The lowest BCUT2D eigenvalue weighted by Crippen LogP contribution is -2.37. The van der Waals surface area contributed by atoms with Gasteiger partial charge in [0.1, 0.15) is 6.54 Å². The summed E-state index contributed by atoms with van der Waals surface area (Å²) in [5.74, 6) is -0.135. The number of hydrogen-bond donors (Lipinski definition) is 1. The first-order valence-electron chi connectivity index (χ1n) is 5.56. The molecule has 0 saturated carbocycles. The normalized spacial score (nSPS) is 10.6. The Kier molecular flexibility index (Phi) is 4.89. The van der Waals surface area contributed by atoms with Gasteiger partial charge in [-0.15, -0.1) is 0 Å². The maximum atomic E-state index is 11.9. The monoisotopic (exact) mass is 258 g/mol. The molecule has 1 rings (SSSR count). The zero-order valence-corrected chi connectivity index (χ0v) is 11.2. The van der Waals surface area contributed by atoms with E-state index in [-0.39, 0.29) is 23.9 Å². The second-order valence-corrected chi connectivity index (χ2v) is 4.96. The third kappa shape index (κ3) is 3.17. The van der Waals surface area contributed by atoms with Crippen molar-refractivity contribution in [2.45, 2.75) is 27.3 Å². The van der Waals surface area contributed by atoms with Gasteiger partial charge in [-0.05, 0) is 20.8 Å². The summed E-state index contributed by atoms with van der Waals surface area (Å²) >= 11 is 1.16. The lowest BCUT2D eigenvalue weighted by molar-refractivity contribution is -0.132. The van der Waals surface area contributed by atoms with Crippen LogP contribution in [-0.2, 0) is 11.3 Å². The predicted molar refractivity (Wildman–Crippen MR) is 67.4 cm³/mol. The Morgan fingerprint density at radius 1 is 1.47 bits per heavy atom. The maximum absolute atomic E-state index is 11.9. The van der Waals surface area contributed by atoms with Crippen molar-refractivity contribution in [3.05, 3.63) is 20.2 Å². The van der Waals surface area contributed by atoms with Crippen LogP contribution in [0.4, 0.5) is 0 Å². The molecule has 96 valence electrons. The molecule has 0 aliphatic heterocycles. The molecule has 1 N–H and O–H groups in total. The van der Waals surface area contributed by atoms with Crippen LogP contribution in [-0.4, -0.2) is 40.2 Å². The fourth-order valence-corrected chi connectivity index (χ4v) is 2.42. The van der Waals surface area contributed by atoms with Crippen LogP contribution in [0.5, 0.6) is 0 Å². The number of nitrogens with zero attached hydrogens (tertiary/aromatic N) is 2. The summed E-state index contributed by atoms with van der Waals surface area (Å²) in [5, 5.41) is 8.84. The van der Waals surface area contributed by atoms with Crippen molar-refractivity contribution in [2.75, 3.05) is 19.7 Å². The molecule has 1 aromatic rings. The Balaban J connectivity index is 2.83. The minimum absolute atomic E-state index is 0.0584. The molecule has 0 fully saturated rings. The van der Waals surface area contributed by atoms with Crippen molar-refractivity contribution in [1.82, 2.24) is 9.47 Å². The number of rotatable bonds is 5. The van der Waals surface area contributed by atoms with E-state index in [0.717, 1.165) is 21.9 Å². The highest BCUT2D eigenvalue weighted by Gasteiger charge is 2.15. The van der Waals surface area contributed by atoms with Crippen molar-refractivity contribution in [1.29, 1.82) is 0 Å². The molecule has 5 nitrogen and oxygen atoms in total. The SMILES string of the molecule is CCN(CCO)C(=O)Cn1c(C)c(C)sc1=O.